The maximum atomic E-state index is 10.3. The maximum absolute atomic E-state index is 10.3. The molecule has 2 rings (SSSR count). The van der Waals surface area contributed by atoms with Crippen LogP contribution < -0.4 is 0 Å². The minimum absolute atomic E-state index is 0.268. The van der Waals surface area contributed by atoms with E-state index >= 15 is 0 Å². The molecule has 19 heavy (non-hydrogen) atoms. The van der Waals surface area contributed by atoms with Crippen molar-refractivity contribution in [1.29, 1.82) is 0 Å². The summed E-state index contributed by atoms with van der Waals surface area (Å²) in [5, 5.41) is 10.3. The Labute approximate surface area is 117 Å². The highest BCUT2D eigenvalue weighted by Crippen LogP contribution is 2.30. The van der Waals surface area contributed by atoms with E-state index in [4.69, 9.17) is 0 Å². The molecule has 0 unspecified atom stereocenters. The lowest BCUT2D eigenvalue weighted by Crippen LogP contribution is -2.15. The van der Waals surface area contributed by atoms with E-state index < -0.39 is 6.10 Å². The van der Waals surface area contributed by atoms with Gasteiger partial charge in [0.1, 0.15) is 0 Å². The molecule has 1 fully saturated rings. The first-order chi connectivity index (χ1) is 8.94. The van der Waals surface area contributed by atoms with Crippen LogP contribution in [0.4, 0.5) is 0 Å². The topological polar surface area (TPSA) is 33.1 Å². The van der Waals surface area contributed by atoms with Crippen LogP contribution in [0.15, 0.2) is 18.2 Å². The summed E-state index contributed by atoms with van der Waals surface area (Å²) in [7, 11) is 0. The molecule has 1 aliphatic rings. The number of rotatable bonds is 5. The molecule has 0 spiro atoms. The molecule has 1 aromatic rings. The van der Waals surface area contributed by atoms with Gasteiger partial charge in [0.2, 0.25) is 0 Å². The van der Waals surface area contributed by atoms with Crippen molar-refractivity contribution in [3.8, 4) is 0 Å². The molecule has 2 heteroatoms. The Balaban J connectivity index is 1.93. The molecule has 1 atom stereocenters. The first kappa shape index (κ1) is 14.5. The second-order valence-corrected chi connectivity index (χ2v) is 7.17. The van der Waals surface area contributed by atoms with E-state index in [1.54, 1.807) is 0 Å². The number of pyridine rings is 1. The van der Waals surface area contributed by atoms with Gasteiger partial charge in [-0.1, -0.05) is 46.1 Å². The number of aliphatic hydroxyl groups is 1. The van der Waals surface area contributed by atoms with E-state index in [2.05, 4.69) is 31.8 Å². The highest BCUT2D eigenvalue weighted by atomic mass is 16.3. The molecule has 0 radical (unpaired) electrons. The summed E-state index contributed by atoms with van der Waals surface area (Å²) in [5.41, 5.74) is 2.27. The first-order valence-corrected chi connectivity index (χ1v) is 7.58. The summed E-state index contributed by atoms with van der Waals surface area (Å²) in [5.74, 6) is 0.828. The Morgan fingerprint density at radius 1 is 1.32 bits per heavy atom. The average Bonchev–Trinajstić information content (AvgIpc) is 2.30. The second-order valence-electron chi connectivity index (χ2n) is 7.17. The van der Waals surface area contributed by atoms with Crippen molar-refractivity contribution in [1.82, 2.24) is 4.98 Å². The summed E-state index contributed by atoms with van der Waals surface area (Å²) >= 11 is 0. The first-order valence-electron chi connectivity index (χ1n) is 7.58. The van der Waals surface area contributed by atoms with Gasteiger partial charge in [0, 0.05) is 5.69 Å². The molecule has 2 nitrogen and oxygen atoms in total. The summed E-state index contributed by atoms with van der Waals surface area (Å²) in [6.45, 7) is 6.63. The zero-order valence-electron chi connectivity index (χ0n) is 12.5. The molecule has 1 saturated carbocycles. The van der Waals surface area contributed by atoms with Crippen molar-refractivity contribution >= 4 is 0 Å². The lowest BCUT2D eigenvalue weighted by atomic mass is 9.82. The quantitative estimate of drug-likeness (QED) is 0.858. The summed E-state index contributed by atoms with van der Waals surface area (Å²) in [4.78, 5) is 4.65. The molecule has 1 aromatic heterocycles. The Bertz CT molecular complexity index is 404. The summed E-state index contributed by atoms with van der Waals surface area (Å²) in [6.07, 6.45) is 6.54. The largest absolute Gasteiger partial charge is 0.387 e. The molecule has 1 aliphatic carbocycles. The lowest BCUT2D eigenvalue weighted by molar-refractivity contribution is 0.143. The lowest BCUT2D eigenvalue weighted by Gasteiger charge is -2.25. The van der Waals surface area contributed by atoms with E-state index in [1.165, 1.54) is 19.3 Å². The number of hydrogen-bond acceptors (Lipinski definition) is 2. The van der Waals surface area contributed by atoms with Gasteiger partial charge in [-0.05, 0) is 42.7 Å². The summed E-state index contributed by atoms with van der Waals surface area (Å²) < 4.78 is 0. The minimum atomic E-state index is -0.416. The van der Waals surface area contributed by atoms with Crippen LogP contribution in [0.1, 0.15) is 70.4 Å². The number of aromatic nitrogens is 1. The van der Waals surface area contributed by atoms with Crippen LogP contribution in [0.25, 0.3) is 0 Å². The molecular formula is C17H27NO. The highest BCUT2D eigenvalue weighted by Gasteiger charge is 2.19. The van der Waals surface area contributed by atoms with Gasteiger partial charge in [-0.2, -0.15) is 0 Å². The Morgan fingerprint density at radius 3 is 2.63 bits per heavy atom. The Hall–Kier alpha value is -0.890. The van der Waals surface area contributed by atoms with Crippen LogP contribution >= 0.6 is 0 Å². The minimum Gasteiger partial charge on any atom is -0.387 e. The van der Waals surface area contributed by atoms with Crippen molar-refractivity contribution in [3.63, 3.8) is 0 Å². The highest BCUT2D eigenvalue weighted by molar-refractivity contribution is 5.14. The maximum Gasteiger partial charge on any atom is 0.0960 e. The monoisotopic (exact) mass is 261 g/mol. The van der Waals surface area contributed by atoms with E-state index in [0.717, 1.165) is 36.6 Å². The van der Waals surface area contributed by atoms with Gasteiger partial charge in [0.25, 0.3) is 0 Å². The second kappa shape index (κ2) is 6.04. The molecule has 0 amide bonds. The standard InChI is InChI=1S/C17H27NO/c1-17(2,3)11-10-16(19)15-9-5-8-14(18-15)12-13-6-4-7-13/h5,8-9,13,16,19H,4,6-7,10-12H2,1-3H3/t16-/m0/s1. The molecule has 0 bridgehead atoms. The van der Waals surface area contributed by atoms with Crippen LogP contribution in [0.2, 0.25) is 0 Å². The average molecular weight is 261 g/mol. The van der Waals surface area contributed by atoms with Crippen LogP contribution in [-0.4, -0.2) is 10.1 Å². The fraction of sp³-hybridized carbons (Fsp3) is 0.706. The van der Waals surface area contributed by atoms with Crippen LogP contribution in [-0.2, 0) is 6.42 Å². The zero-order chi connectivity index (χ0) is 13.9. The molecule has 0 aliphatic heterocycles. The van der Waals surface area contributed by atoms with Gasteiger partial charge in [0.05, 0.1) is 11.8 Å². The molecule has 1 N–H and O–H groups in total. The number of aliphatic hydroxyl groups excluding tert-OH is 1. The Kier molecular flexibility index (Phi) is 4.62. The van der Waals surface area contributed by atoms with Gasteiger partial charge < -0.3 is 5.11 Å². The van der Waals surface area contributed by atoms with E-state index in [9.17, 15) is 5.11 Å². The van der Waals surface area contributed by atoms with Gasteiger partial charge in [0.15, 0.2) is 0 Å². The number of nitrogens with zero attached hydrogens (tertiary/aromatic N) is 1. The van der Waals surface area contributed by atoms with Crippen molar-refractivity contribution in [2.45, 2.75) is 65.4 Å². The van der Waals surface area contributed by atoms with Crippen molar-refractivity contribution in [2.75, 3.05) is 0 Å². The normalized spacial score (nSPS) is 18.1. The SMILES string of the molecule is CC(C)(C)CC[C@H](O)c1cccc(CC2CCC2)n1. The zero-order valence-corrected chi connectivity index (χ0v) is 12.5. The predicted molar refractivity (Wildman–Crippen MR) is 78.9 cm³/mol. The molecule has 1 heterocycles. The third-order valence-electron chi connectivity index (χ3n) is 4.06. The van der Waals surface area contributed by atoms with Gasteiger partial charge in [-0.3, -0.25) is 4.98 Å². The third kappa shape index (κ3) is 4.61. The van der Waals surface area contributed by atoms with E-state index in [0.29, 0.717) is 0 Å². The van der Waals surface area contributed by atoms with Crippen molar-refractivity contribution < 1.29 is 5.11 Å². The summed E-state index contributed by atoms with van der Waals surface area (Å²) in [6, 6.07) is 6.09. The van der Waals surface area contributed by atoms with E-state index in [-0.39, 0.29) is 5.41 Å². The number of hydrogen-bond donors (Lipinski definition) is 1. The van der Waals surface area contributed by atoms with Crippen LogP contribution in [0.3, 0.4) is 0 Å². The predicted octanol–water partition coefficient (Wildman–Crippen LogP) is 4.28. The third-order valence-corrected chi connectivity index (χ3v) is 4.06. The van der Waals surface area contributed by atoms with Crippen LogP contribution in [0.5, 0.6) is 0 Å². The van der Waals surface area contributed by atoms with Gasteiger partial charge in [-0.15, -0.1) is 0 Å². The van der Waals surface area contributed by atoms with E-state index in [1.807, 2.05) is 12.1 Å². The van der Waals surface area contributed by atoms with Crippen molar-refractivity contribution in [3.05, 3.63) is 29.6 Å². The van der Waals surface area contributed by atoms with Crippen molar-refractivity contribution in [2.24, 2.45) is 11.3 Å². The molecule has 106 valence electrons. The fourth-order valence-corrected chi connectivity index (χ4v) is 2.51. The molecular weight excluding hydrogens is 234 g/mol. The fourth-order valence-electron chi connectivity index (χ4n) is 2.51. The van der Waals surface area contributed by atoms with Gasteiger partial charge in [-0.25, -0.2) is 0 Å². The Morgan fingerprint density at radius 2 is 2.05 bits per heavy atom. The molecule has 0 saturated heterocycles. The van der Waals surface area contributed by atoms with Gasteiger partial charge >= 0.3 is 0 Å². The van der Waals surface area contributed by atoms with Crippen LogP contribution in [0, 0.1) is 11.3 Å². The molecule has 0 aromatic carbocycles. The smallest absolute Gasteiger partial charge is 0.0960 e.